The molecule has 1 unspecified atom stereocenters. The molecule has 2 heterocycles. The van der Waals surface area contributed by atoms with Crippen LogP contribution in [0.2, 0.25) is 0 Å². The average Bonchev–Trinajstić information content (AvgIpc) is 3.31. The van der Waals surface area contributed by atoms with Crippen molar-refractivity contribution in [2.45, 2.75) is 53.0 Å². The van der Waals surface area contributed by atoms with Crippen LogP contribution >= 0.6 is 0 Å². The van der Waals surface area contributed by atoms with Crippen molar-refractivity contribution < 1.29 is 9.47 Å². The molecule has 6 heteroatoms. The Morgan fingerprint density at radius 2 is 2.00 bits per heavy atom. The third-order valence-electron chi connectivity index (χ3n) is 6.47. The monoisotopic (exact) mass is 430 g/mol. The zero-order valence-electron chi connectivity index (χ0n) is 19.8. The van der Waals surface area contributed by atoms with Crippen LogP contribution in [0.3, 0.4) is 0 Å². The molecule has 0 aliphatic carbocycles. The smallest absolute Gasteiger partial charge is 0.191 e. The lowest BCUT2D eigenvalue weighted by atomic mass is 9.93. The van der Waals surface area contributed by atoms with Gasteiger partial charge in [-0.2, -0.15) is 0 Å². The Labute approximate surface area is 188 Å². The van der Waals surface area contributed by atoms with E-state index in [0.717, 1.165) is 62.5 Å². The van der Waals surface area contributed by atoms with Crippen LogP contribution in [0.4, 0.5) is 0 Å². The molecule has 0 bridgehead atoms. The van der Waals surface area contributed by atoms with E-state index >= 15 is 0 Å². The zero-order valence-corrected chi connectivity index (χ0v) is 19.8. The number of hydrogen-bond donors (Lipinski definition) is 2. The molecule has 6 nitrogen and oxygen atoms in total. The first-order valence-electron chi connectivity index (χ1n) is 12.2. The Morgan fingerprint density at radius 1 is 1.16 bits per heavy atom. The van der Waals surface area contributed by atoms with Crippen molar-refractivity contribution in [3.05, 3.63) is 29.3 Å². The van der Waals surface area contributed by atoms with Gasteiger partial charge in [-0.05, 0) is 76.7 Å². The van der Waals surface area contributed by atoms with E-state index in [4.69, 9.17) is 14.5 Å². The van der Waals surface area contributed by atoms with Crippen LogP contribution in [0.25, 0.3) is 0 Å². The molecule has 3 rings (SSSR count). The number of piperidine rings is 1. The topological polar surface area (TPSA) is 58.1 Å². The molecular weight excluding hydrogens is 388 g/mol. The second-order valence-electron chi connectivity index (χ2n) is 8.94. The maximum atomic E-state index is 6.18. The molecule has 2 aliphatic rings. The van der Waals surface area contributed by atoms with Crippen LogP contribution in [0.1, 0.15) is 50.7 Å². The normalized spacial score (nSPS) is 20.7. The van der Waals surface area contributed by atoms with Crippen molar-refractivity contribution in [1.82, 2.24) is 15.5 Å². The van der Waals surface area contributed by atoms with Crippen molar-refractivity contribution in [3.63, 3.8) is 0 Å². The minimum atomic E-state index is 0.500. The lowest BCUT2D eigenvalue weighted by molar-refractivity contribution is 0.166. The summed E-state index contributed by atoms with van der Waals surface area (Å²) in [6.07, 6.45) is 4.94. The number of nitrogens with zero attached hydrogens (tertiary/aromatic N) is 2. The lowest BCUT2D eigenvalue weighted by Crippen LogP contribution is -2.39. The van der Waals surface area contributed by atoms with Gasteiger partial charge in [-0.25, -0.2) is 4.99 Å². The van der Waals surface area contributed by atoms with Crippen molar-refractivity contribution in [2.24, 2.45) is 16.8 Å². The van der Waals surface area contributed by atoms with Gasteiger partial charge in [0, 0.05) is 31.2 Å². The molecule has 31 heavy (non-hydrogen) atoms. The van der Waals surface area contributed by atoms with Gasteiger partial charge in [-0.1, -0.05) is 19.1 Å². The van der Waals surface area contributed by atoms with E-state index < -0.39 is 0 Å². The van der Waals surface area contributed by atoms with Crippen LogP contribution in [-0.2, 0) is 11.3 Å². The number of hydrogen-bond acceptors (Lipinski definition) is 4. The predicted octanol–water partition coefficient (Wildman–Crippen LogP) is 3.59. The molecule has 2 N–H and O–H groups in total. The molecule has 2 aliphatic heterocycles. The molecule has 0 radical (unpaired) electrons. The average molecular weight is 431 g/mol. The number of aliphatic imine (C=N–C) groups is 1. The highest BCUT2D eigenvalue weighted by atomic mass is 16.5. The molecule has 0 spiro atoms. The molecule has 0 aromatic heterocycles. The predicted molar refractivity (Wildman–Crippen MR) is 128 cm³/mol. The number of benzene rings is 1. The number of rotatable bonds is 10. The summed E-state index contributed by atoms with van der Waals surface area (Å²) in [4.78, 5) is 7.40. The molecule has 2 fully saturated rings. The van der Waals surface area contributed by atoms with Crippen LogP contribution in [0, 0.1) is 18.8 Å². The first-order valence-corrected chi connectivity index (χ1v) is 12.2. The summed E-state index contributed by atoms with van der Waals surface area (Å²) in [5.41, 5.74) is 2.35. The fourth-order valence-electron chi connectivity index (χ4n) is 4.34. The van der Waals surface area contributed by atoms with Crippen molar-refractivity contribution in [1.29, 1.82) is 0 Å². The second kappa shape index (κ2) is 12.9. The third-order valence-corrected chi connectivity index (χ3v) is 6.47. The minimum absolute atomic E-state index is 0.500. The Balaban J connectivity index is 1.50. The van der Waals surface area contributed by atoms with Crippen molar-refractivity contribution in [3.8, 4) is 5.75 Å². The van der Waals surface area contributed by atoms with Gasteiger partial charge >= 0.3 is 0 Å². The summed E-state index contributed by atoms with van der Waals surface area (Å²) in [5, 5.41) is 6.93. The summed E-state index contributed by atoms with van der Waals surface area (Å²) < 4.78 is 11.7. The number of guanidine groups is 1. The summed E-state index contributed by atoms with van der Waals surface area (Å²) >= 11 is 0. The number of nitrogens with one attached hydrogen (secondary N) is 2. The van der Waals surface area contributed by atoms with Gasteiger partial charge in [0.25, 0.3) is 0 Å². The molecule has 1 aromatic rings. The van der Waals surface area contributed by atoms with E-state index in [-0.39, 0.29) is 0 Å². The van der Waals surface area contributed by atoms with E-state index in [1.165, 1.54) is 44.5 Å². The van der Waals surface area contributed by atoms with E-state index in [1.54, 1.807) is 0 Å². The fourth-order valence-corrected chi connectivity index (χ4v) is 4.34. The Hall–Kier alpha value is -1.79. The lowest BCUT2D eigenvalue weighted by Gasteiger charge is -2.31. The SMILES string of the molecule is CCNC(=NCc1ccc(C)cc1OCC1CCOC1)NCCC1CCN(CC)CC1. The summed E-state index contributed by atoms with van der Waals surface area (Å²) in [7, 11) is 0. The molecule has 1 aromatic carbocycles. The fraction of sp³-hybridized carbons (Fsp3) is 0.720. The van der Waals surface area contributed by atoms with Crippen LogP contribution in [0.15, 0.2) is 23.2 Å². The molecule has 0 saturated carbocycles. The number of aryl methyl sites for hydroxylation is 1. The highest BCUT2D eigenvalue weighted by molar-refractivity contribution is 5.79. The van der Waals surface area contributed by atoms with Gasteiger partial charge in [-0.15, -0.1) is 0 Å². The first-order chi connectivity index (χ1) is 15.2. The maximum absolute atomic E-state index is 6.18. The standard InChI is InChI=1S/C25H42N4O2/c1-4-26-25(27-12-8-21-9-13-29(5-2)14-10-21)28-17-23-7-6-20(3)16-24(23)31-19-22-11-15-30-18-22/h6-7,16,21-22H,4-5,8-15,17-19H2,1-3H3,(H2,26,27,28). The minimum Gasteiger partial charge on any atom is -0.493 e. The molecule has 1 atom stereocenters. The Bertz CT molecular complexity index is 680. The van der Waals surface area contributed by atoms with Gasteiger partial charge in [0.15, 0.2) is 5.96 Å². The first kappa shape index (κ1) is 23.9. The van der Waals surface area contributed by atoms with Gasteiger partial charge in [0.05, 0.1) is 19.8 Å². The molecule has 0 amide bonds. The quantitative estimate of drug-likeness (QED) is 0.439. The van der Waals surface area contributed by atoms with E-state index in [1.807, 2.05) is 0 Å². The summed E-state index contributed by atoms with van der Waals surface area (Å²) in [6, 6.07) is 6.41. The van der Waals surface area contributed by atoms with Gasteiger partial charge in [-0.3, -0.25) is 0 Å². The highest BCUT2D eigenvalue weighted by Crippen LogP contribution is 2.23. The van der Waals surface area contributed by atoms with E-state index in [0.29, 0.717) is 12.5 Å². The van der Waals surface area contributed by atoms with Crippen molar-refractivity contribution in [2.75, 3.05) is 52.5 Å². The zero-order chi connectivity index (χ0) is 21.9. The van der Waals surface area contributed by atoms with Crippen LogP contribution < -0.4 is 15.4 Å². The Morgan fingerprint density at radius 3 is 2.71 bits per heavy atom. The van der Waals surface area contributed by atoms with Gasteiger partial charge in [0.1, 0.15) is 5.75 Å². The highest BCUT2D eigenvalue weighted by Gasteiger charge is 2.18. The summed E-state index contributed by atoms with van der Waals surface area (Å²) in [5.74, 6) is 3.17. The van der Waals surface area contributed by atoms with Gasteiger partial charge < -0.3 is 25.0 Å². The summed E-state index contributed by atoms with van der Waals surface area (Å²) in [6.45, 7) is 15.0. The van der Waals surface area contributed by atoms with Gasteiger partial charge in [0.2, 0.25) is 0 Å². The maximum Gasteiger partial charge on any atom is 0.191 e. The van der Waals surface area contributed by atoms with Crippen LogP contribution in [-0.4, -0.2) is 63.4 Å². The Kier molecular flexibility index (Phi) is 9.94. The largest absolute Gasteiger partial charge is 0.493 e. The third kappa shape index (κ3) is 8.00. The second-order valence-corrected chi connectivity index (χ2v) is 8.94. The van der Waals surface area contributed by atoms with Crippen molar-refractivity contribution >= 4 is 5.96 Å². The molecule has 174 valence electrons. The van der Waals surface area contributed by atoms with E-state index in [2.05, 4.69) is 54.5 Å². The van der Waals surface area contributed by atoms with Crippen LogP contribution in [0.5, 0.6) is 5.75 Å². The number of ether oxygens (including phenoxy) is 2. The van der Waals surface area contributed by atoms with E-state index in [9.17, 15) is 0 Å². The number of likely N-dealkylation sites (tertiary alicyclic amines) is 1. The molecule has 2 saturated heterocycles. The molecular formula is C25H42N4O2.